The van der Waals surface area contributed by atoms with Crippen LogP contribution in [-0.2, 0) is 15.1 Å². The van der Waals surface area contributed by atoms with E-state index in [9.17, 15) is 23.2 Å². The van der Waals surface area contributed by atoms with E-state index in [4.69, 9.17) is 0 Å². The number of halogens is 3. The van der Waals surface area contributed by atoms with E-state index in [0.717, 1.165) is 26.2 Å². The van der Waals surface area contributed by atoms with Crippen molar-refractivity contribution in [1.29, 1.82) is 0 Å². The number of hydrogen-bond acceptors (Lipinski definition) is 3. The Kier molecular flexibility index (Phi) is 5.37. The van der Waals surface area contributed by atoms with Gasteiger partial charge in [-0.2, -0.15) is 0 Å². The van der Waals surface area contributed by atoms with Crippen molar-refractivity contribution in [3.05, 3.63) is 62.7 Å². The van der Waals surface area contributed by atoms with E-state index in [1.807, 2.05) is 19.1 Å². The van der Waals surface area contributed by atoms with Crippen LogP contribution in [0.5, 0.6) is 0 Å². The van der Waals surface area contributed by atoms with Gasteiger partial charge < -0.3 is 10.6 Å². The molecule has 6 nitrogen and oxygen atoms in total. The second-order valence-electron chi connectivity index (χ2n) is 6.58. The molecule has 2 N–H and O–H groups in total. The molecular formula is C19H16F2IN3O3. The smallest absolute Gasteiger partial charge is 0.324 e. The Balaban J connectivity index is 1.77. The summed E-state index contributed by atoms with van der Waals surface area (Å²) in [7, 11) is 0. The topological polar surface area (TPSA) is 78.5 Å². The van der Waals surface area contributed by atoms with Crippen LogP contribution in [0.15, 0.2) is 36.4 Å². The minimum atomic E-state index is -1.59. The number of nitrogens with zero attached hydrogens (tertiary/aromatic N) is 1. The number of carbonyl (C=O) groups is 3. The number of nitrogens with one attached hydrogen (secondary N) is 2. The SMILES string of the molecule is Cc1cc(I)ccc1NC(=O)CN1C(=O)NC(C)(c2ccc(F)c(F)c2)C1=O. The quantitative estimate of drug-likeness (QED) is 0.501. The van der Waals surface area contributed by atoms with Crippen LogP contribution in [-0.4, -0.2) is 29.3 Å². The first-order chi connectivity index (χ1) is 13.1. The summed E-state index contributed by atoms with van der Waals surface area (Å²) in [6.45, 7) is 2.70. The minimum absolute atomic E-state index is 0.0844. The van der Waals surface area contributed by atoms with Crippen molar-refractivity contribution >= 4 is 46.1 Å². The summed E-state index contributed by atoms with van der Waals surface area (Å²) >= 11 is 2.15. The fourth-order valence-corrected chi connectivity index (χ4v) is 3.59. The summed E-state index contributed by atoms with van der Waals surface area (Å²) in [5.74, 6) is -3.47. The Morgan fingerprint density at radius 1 is 1.18 bits per heavy atom. The fraction of sp³-hybridized carbons (Fsp3) is 0.211. The lowest BCUT2D eigenvalue weighted by Crippen LogP contribution is -2.42. The first kappa shape index (κ1) is 20.2. The molecule has 0 bridgehead atoms. The number of amides is 4. The highest BCUT2D eigenvalue weighted by Crippen LogP contribution is 2.29. The van der Waals surface area contributed by atoms with Crippen LogP contribution in [0.1, 0.15) is 18.1 Å². The van der Waals surface area contributed by atoms with Gasteiger partial charge in [0.2, 0.25) is 5.91 Å². The molecule has 4 amide bonds. The molecule has 1 atom stereocenters. The average Bonchev–Trinajstić information content (AvgIpc) is 2.84. The molecule has 0 aromatic heterocycles. The zero-order chi connectivity index (χ0) is 20.6. The standard InChI is InChI=1S/C19H16F2IN3O3/c1-10-7-12(22)4-6-15(10)23-16(26)9-25-17(27)19(2,24-18(25)28)11-3-5-13(20)14(21)8-11/h3-8H,9H2,1-2H3,(H,23,26)(H,24,28). The minimum Gasteiger partial charge on any atom is -0.324 e. The molecular weight excluding hydrogens is 483 g/mol. The van der Waals surface area contributed by atoms with E-state index < -0.39 is 41.6 Å². The van der Waals surface area contributed by atoms with Crippen molar-refractivity contribution < 1.29 is 23.2 Å². The molecule has 0 spiro atoms. The van der Waals surface area contributed by atoms with E-state index >= 15 is 0 Å². The molecule has 1 aliphatic heterocycles. The number of rotatable bonds is 4. The van der Waals surface area contributed by atoms with Crippen LogP contribution in [0, 0.1) is 22.1 Å². The Hall–Kier alpha value is -2.56. The number of benzene rings is 2. The summed E-state index contributed by atoms with van der Waals surface area (Å²) in [5.41, 5.74) is -0.101. The molecule has 1 unspecified atom stereocenters. The van der Waals surface area contributed by atoms with Gasteiger partial charge in [0.25, 0.3) is 5.91 Å². The number of anilines is 1. The van der Waals surface area contributed by atoms with Crippen LogP contribution < -0.4 is 10.6 Å². The number of urea groups is 1. The van der Waals surface area contributed by atoms with Crippen molar-refractivity contribution in [1.82, 2.24) is 10.2 Å². The Morgan fingerprint density at radius 2 is 1.89 bits per heavy atom. The predicted molar refractivity (Wildman–Crippen MR) is 106 cm³/mol. The first-order valence-electron chi connectivity index (χ1n) is 8.27. The third-order valence-corrected chi connectivity index (χ3v) is 5.21. The van der Waals surface area contributed by atoms with E-state index in [0.29, 0.717) is 5.69 Å². The van der Waals surface area contributed by atoms with Gasteiger partial charge in [0.15, 0.2) is 11.6 Å². The Morgan fingerprint density at radius 3 is 2.54 bits per heavy atom. The van der Waals surface area contributed by atoms with E-state index in [-0.39, 0.29) is 5.56 Å². The van der Waals surface area contributed by atoms with E-state index in [1.165, 1.54) is 13.0 Å². The predicted octanol–water partition coefficient (Wildman–Crippen LogP) is 3.28. The fourth-order valence-electron chi connectivity index (χ4n) is 2.94. The molecule has 28 heavy (non-hydrogen) atoms. The van der Waals surface area contributed by atoms with Gasteiger partial charge in [-0.15, -0.1) is 0 Å². The zero-order valence-corrected chi connectivity index (χ0v) is 17.1. The summed E-state index contributed by atoms with van der Waals surface area (Å²) in [4.78, 5) is 38.1. The Labute approximate surface area is 173 Å². The molecule has 3 rings (SSSR count). The second-order valence-corrected chi connectivity index (χ2v) is 7.83. The van der Waals surface area contributed by atoms with Gasteiger partial charge in [0.05, 0.1) is 0 Å². The van der Waals surface area contributed by atoms with Crippen molar-refractivity contribution in [3.63, 3.8) is 0 Å². The van der Waals surface area contributed by atoms with Gasteiger partial charge in [-0.05, 0) is 77.9 Å². The maximum Gasteiger partial charge on any atom is 0.325 e. The summed E-state index contributed by atoms with van der Waals surface area (Å²) in [6.07, 6.45) is 0. The maximum absolute atomic E-state index is 13.6. The van der Waals surface area contributed by atoms with Crippen LogP contribution in [0.25, 0.3) is 0 Å². The van der Waals surface area contributed by atoms with Gasteiger partial charge in [-0.3, -0.25) is 14.5 Å². The maximum atomic E-state index is 13.6. The van der Waals surface area contributed by atoms with Crippen LogP contribution >= 0.6 is 22.6 Å². The van der Waals surface area contributed by atoms with Crippen molar-refractivity contribution in [2.75, 3.05) is 11.9 Å². The monoisotopic (exact) mass is 499 g/mol. The van der Waals surface area contributed by atoms with Gasteiger partial charge in [0, 0.05) is 9.26 Å². The highest BCUT2D eigenvalue weighted by molar-refractivity contribution is 14.1. The molecule has 1 saturated heterocycles. The number of imide groups is 1. The van der Waals surface area contributed by atoms with Crippen LogP contribution in [0.4, 0.5) is 19.3 Å². The molecule has 0 aliphatic carbocycles. The Bertz CT molecular complexity index is 998. The highest BCUT2D eigenvalue weighted by Gasteiger charge is 2.49. The number of carbonyl (C=O) groups excluding carboxylic acids is 3. The first-order valence-corrected chi connectivity index (χ1v) is 9.35. The lowest BCUT2D eigenvalue weighted by molar-refractivity contribution is -0.133. The zero-order valence-electron chi connectivity index (χ0n) is 15.0. The van der Waals surface area contributed by atoms with Crippen LogP contribution in [0.2, 0.25) is 0 Å². The molecule has 9 heteroatoms. The van der Waals surface area contributed by atoms with Gasteiger partial charge in [-0.25, -0.2) is 13.6 Å². The third kappa shape index (κ3) is 3.71. The highest BCUT2D eigenvalue weighted by atomic mass is 127. The third-order valence-electron chi connectivity index (χ3n) is 4.54. The molecule has 2 aromatic rings. The van der Waals surface area contributed by atoms with Gasteiger partial charge in [0.1, 0.15) is 12.1 Å². The summed E-state index contributed by atoms with van der Waals surface area (Å²) in [6, 6.07) is 7.59. The van der Waals surface area contributed by atoms with E-state index in [2.05, 4.69) is 33.2 Å². The van der Waals surface area contributed by atoms with Gasteiger partial charge >= 0.3 is 6.03 Å². The molecule has 146 valence electrons. The normalized spacial score (nSPS) is 19.0. The van der Waals surface area contributed by atoms with Crippen LogP contribution in [0.3, 0.4) is 0 Å². The van der Waals surface area contributed by atoms with Crippen molar-refractivity contribution in [2.45, 2.75) is 19.4 Å². The van der Waals surface area contributed by atoms with Gasteiger partial charge in [-0.1, -0.05) is 6.07 Å². The molecule has 2 aromatic carbocycles. The molecule has 0 saturated carbocycles. The lowest BCUT2D eigenvalue weighted by atomic mass is 9.92. The molecule has 1 heterocycles. The largest absolute Gasteiger partial charge is 0.325 e. The summed E-state index contributed by atoms with van der Waals surface area (Å²) < 4.78 is 27.8. The van der Waals surface area contributed by atoms with Crippen molar-refractivity contribution in [3.8, 4) is 0 Å². The second kappa shape index (κ2) is 7.46. The average molecular weight is 499 g/mol. The van der Waals surface area contributed by atoms with Crippen molar-refractivity contribution in [2.24, 2.45) is 0 Å². The molecule has 0 radical (unpaired) electrons. The number of hydrogen-bond donors (Lipinski definition) is 2. The number of aryl methyl sites for hydroxylation is 1. The molecule has 1 fully saturated rings. The van der Waals surface area contributed by atoms with E-state index in [1.54, 1.807) is 6.07 Å². The molecule has 1 aliphatic rings. The summed E-state index contributed by atoms with van der Waals surface area (Å²) in [5, 5.41) is 5.11. The lowest BCUT2D eigenvalue weighted by Gasteiger charge is -2.22.